The van der Waals surface area contributed by atoms with E-state index in [1.54, 1.807) is 29.0 Å². The second-order valence-corrected chi connectivity index (χ2v) is 5.33. The monoisotopic (exact) mass is 295 g/mol. The van der Waals surface area contributed by atoms with Crippen LogP contribution in [0.25, 0.3) is 26.9 Å². The van der Waals surface area contributed by atoms with Crippen LogP contribution in [0.2, 0.25) is 0 Å². The maximum Gasteiger partial charge on any atom is 0.235 e. The van der Waals surface area contributed by atoms with Crippen LogP contribution in [0.1, 0.15) is 0 Å². The summed E-state index contributed by atoms with van der Waals surface area (Å²) >= 11 is 1.38. The van der Waals surface area contributed by atoms with E-state index in [0.29, 0.717) is 21.4 Å². The molecule has 0 saturated carbocycles. The van der Waals surface area contributed by atoms with Gasteiger partial charge in [0.2, 0.25) is 4.96 Å². The van der Waals surface area contributed by atoms with Crippen LogP contribution in [-0.2, 0) is 0 Å². The highest BCUT2D eigenvalue weighted by Gasteiger charge is 2.15. The number of pyridine rings is 1. The average Bonchev–Trinajstić information content (AvgIpc) is 3.08. The van der Waals surface area contributed by atoms with Gasteiger partial charge in [0.1, 0.15) is 5.75 Å². The molecule has 0 aliphatic carbocycles. The summed E-state index contributed by atoms with van der Waals surface area (Å²) in [4.78, 5) is 4.67. The van der Waals surface area contributed by atoms with Gasteiger partial charge >= 0.3 is 0 Å². The molecular formula is C14H9N5OS. The molecule has 3 heterocycles. The summed E-state index contributed by atoms with van der Waals surface area (Å²) in [6.07, 6.45) is 3.40. The van der Waals surface area contributed by atoms with Gasteiger partial charge in [-0.05, 0) is 24.3 Å². The third-order valence-electron chi connectivity index (χ3n) is 3.06. The second-order valence-electron chi connectivity index (χ2n) is 4.38. The van der Waals surface area contributed by atoms with E-state index in [1.807, 2.05) is 24.3 Å². The summed E-state index contributed by atoms with van der Waals surface area (Å²) in [7, 11) is 0. The maximum absolute atomic E-state index is 9.93. The Balaban J connectivity index is 1.89. The number of aromatic hydroxyl groups is 1. The fourth-order valence-electron chi connectivity index (χ4n) is 2.06. The van der Waals surface area contributed by atoms with Crippen LogP contribution in [0.4, 0.5) is 0 Å². The summed E-state index contributed by atoms with van der Waals surface area (Å²) in [5, 5.41) is 23.4. The number of rotatable bonds is 2. The first-order valence-electron chi connectivity index (χ1n) is 6.24. The summed E-state index contributed by atoms with van der Waals surface area (Å²) in [5.41, 5.74) is 1.58. The van der Waals surface area contributed by atoms with E-state index in [9.17, 15) is 5.11 Å². The molecule has 6 nitrogen and oxygen atoms in total. The van der Waals surface area contributed by atoms with Gasteiger partial charge in [0.15, 0.2) is 10.8 Å². The molecule has 0 saturated heterocycles. The van der Waals surface area contributed by atoms with E-state index in [2.05, 4.69) is 20.3 Å². The Kier molecular flexibility index (Phi) is 2.65. The zero-order valence-corrected chi connectivity index (χ0v) is 11.5. The summed E-state index contributed by atoms with van der Waals surface area (Å²) in [6, 6.07) is 10.8. The molecule has 3 aromatic heterocycles. The van der Waals surface area contributed by atoms with Gasteiger partial charge < -0.3 is 5.11 Å². The minimum atomic E-state index is 0.202. The van der Waals surface area contributed by atoms with E-state index in [0.717, 1.165) is 5.56 Å². The van der Waals surface area contributed by atoms with Gasteiger partial charge in [-0.25, -0.2) is 0 Å². The zero-order chi connectivity index (χ0) is 14.2. The van der Waals surface area contributed by atoms with Crippen molar-refractivity contribution >= 4 is 16.3 Å². The van der Waals surface area contributed by atoms with Gasteiger partial charge in [-0.15, -0.1) is 10.2 Å². The number of para-hydroxylation sites is 1. The van der Waals surface area contributed by atoms with Crippen LogP contribution < -0.4 is 0 Å². The van der Waals surface area contributed by atoms with E-state index in [-0.39, 0.29) is 5.75 Å². The van der Waals surface area contributed by atoms with Gasteiger partial charge in [0.25, 0.3) is 0 Å². The number of phenolic OH excluding ortho intramolecular Hbond substituents is 1. The lowest BCUT2D eigenvalue weighted by molar-refractivity contribution is 0.477. The molecule has 0 unspecified atom stereocenters. The lowest BCUT2D eigenvalue weighted by Crippen LogP contribution is -1.91. The second kappa shape index (κ2) is 4.64. The van der Waals surface area contributed by atoms with Crippen LogP contribution in [0.3, 0.4) is 0 Å². The Morgan fingerprint density at radius 1 is 1.00 bits per heavy atom. The summed E-state index contributed by atoms with van der Waals surface area (Å²) in [5.74, 6) is 0.859. The first-order valence-corrected chi connectivity index (χ1v) is 7.05. The molecule has 0 fully saturated rings. The molecule has 0 atom stereocenters. The predicted molar refractivity (Wildman–Crippen MR) is 79.0 cm³/mol. The van der Waals surface area contributed by atoms with Gasteiger partial charge in [-0.1, -0.05) is 23.5 Å². The highest BCUT2D eigenvalue weighted by molar-refractivity contribution is 7.19. The van der Waals surface area contributed by atoms with Crippen molar-refractivity contribution in [2.24, 2.45) is 0 Å². The van der Waals surface area contributed by atoms with Crippen molar-refractivity contribution in [1.82, 2.24) is 24.8 Å². The van der Waals surface area contributed by atoms with E-state index in [1.165, 1.54) is 11.3 Å². The smallest absolute Gasteiger partial charge is 0.235 e. The van der Waals surface area contributed by atoms with Gasteiger partial charge in [0.05, 0.1) is 5.56 Å². The third-order valence-corrected chi connectivity index (χ3v) is 4.00. The van der Waals surface area contributed by atoms with E-state index < -0.39 is 0 Å². The minimum Gasteiger partial charge on any atom is -0.507 e. The molecule has 0 bridgehead atoms. The number of hydrogen-bond acceptors (Lipinski definition) is 6. The quantitative estimate of drug-likeness (QED) is 0.615. The number of hydrogen-bond donors (Lipinski definition) is 1. The zero-order valence-electron chi connectivity index (χ0n) is 10.7. The van der Waals surface area contributed by atoms with Crippen molar-refractivity contribution in [3.05, 3.63) is 48.8 Å². The van der Waals surface area contributed by atoms with E-state index in [4.69, 9.17) is 0 Å². The molecular weight excluding hydrogens is 286 g/mol. The number of benzene rings is 1. The summed E-state index contributed by atoms with van der Waals surface area (Å²) < 4.78 is 1.68. The van der Waals surface area contributed by atoms with Gasteiger partial charge in [-0.2, -0.15) is 9.61 Å². The highest BCUT2D eigenvalue weighted by Crippen LogP contribution is 2.32. The molecule has 0 spiro atoms. The molecule has 102 valence electrons. The third kappa shape index (κ3) is 1.95. The molecule has 0 aliphatic rings. The number of phenols is 1. The Morgan fingerprint density at radius 2 is 1.81 bits per heavy atom. The predicted octanol–water partition coefficient (Wildman–Crippen LogP) is 2.62. The van der Waals surface area contributed by atoms with Crippen molar-refractivity contribution in [3.8, 4) is 27.7 Å². The Labute approximate surface area is 123 Å². The lowest BCUT2D eigenvalue weighted by Gasteiger charge is -1.98. The van der Waals surface area contributed by atoms with Crippen molar-refractivity contribution < 1.29 is 5.11 Å². The highest BCUT2D eigenvalue weighted by atomic mass is 32.1. The molecule has 1 aromatic carbocycles. The number of nitrogens with zero attached hydrogens (tertiary/aromatic N) is 5. The van der Waals surface area contributed by atoms with Crippen LogP contribution in [-0.4, -0.2) is 29.9 Å². The molecule has 4 aromatic rings. The van der Waals surface area contributed by atoms with Crippen LogP contribution in [0.5, 0.6) is 5.75 Å². The largest absolute Gasteiger partial charge is 0.507 e. The van der Waals surface area contributed by atoms with Crippen molar-refractivity contribution in [2.75, 3.05) is 0 Å². The minimum absolute atomic E-state index is 0.202. The summed E-state index contributed by atoms with van der Waals surface area (Å²) in [6.45, 7) is 0. The van der Waals surface area contributed by atoms with Gasteiger partial charge in [-0.3, -0.25) is 4.98 Å². The number of fused-ring (bicyclic) bond motifs is 1. The topological polar surface area (TPSA) is 76.2 Å². The average molecular weight is 295 g/mol. The standard InChI is InChI=1S/C14H9N5OS/c20-11-4-2-1-3-10(11)13-18-19-12(16-17-14(19)21-13)9-5-7-15-8-6-9/h1-8,20H. The Hall–Kier alpha value is -2.80. The Bertz CT molecular complexity index is 915. The van der Waals surface area contributed by atoms with Gasteiger partial charge in [0, 0.05) is 18.0 Å². The van der Waals surface area contributed by atoms with Crippen molar-refractivity contribution in [3.63, 3.8) is 0 Å². The van der Waals surface area contributed by atoms with Crippen molar-refractivity contribution in [2.45, 2.75) is 0 Å². The number of aromatic nitrogens is 5. The van der Waals surface area contributed by atoms with Crippen LogP contribution in [0.15, 0.2) is 48.8 Å². The molecule has 21 heavy (non-hydrogen) atoms. The fourth-order valence-corrected chi connectivity index (χ4v) is 2.93. The first kappa shape index (κ1) is 12.0. The molecule has 0 radical (unpaired) electrons. The first-order chi connectivity index (χ1) is 10.3. The molecule has 0 aliphatic heterocycles. The van der Waals surface area contributed by atoms with Crippen LogP contribution in [0, 0.1) is 0 Å². The normalized spacial score (nSPS) is 11.0. The maximum atomic E-state index is 9.93. The fraction of sp³-hybridized carbons (Fsp3) is 0. The lowest BCUT2D eigenvalue weighted by atomic mass is 10.2. The Morgan fingerprint density at radius 3 is 2.62 bits per heavy atom. The van der Waals surface area contributed by atoms with E-state index >= 15 is 0 Å². The molecule has 1 N–H and O–H groups in total. The van der Waals surface area contributed by atoms with Crippen LogP contribution >= 0.6 is 11.3 Å². The molecule has 4 rings (SSSR count). The molecule has 0 amide bonds. The molecule has 7 heteroatoms. The van der Waals surface area contributed by atoms with Crippen molar-refractivity contribution in [1.29, 1.82) is 0 Å². The SMILES string of the molecule is Oc1ccccc1-c1nn2c(-c3ccncc3)nnc2s1.